The number of aryl methyl sites for hydroxylation is 2. The van der Waals surface area contributed by atoms with Crippen LogP contribution in [0.15, 0.2) is 4.47 Å². The van der Waals surface area contributed by atoms with Gasteiger partial charge in [0.15, 0.2) is 0 Å². The minimum Gasteiger partial charge on any atom is -0.317 e. The lowest BCUT2D eigenvalue weighted by atomic mass is 9.97. The summed E-state index contributed by atoms with van der Waals surface area (Å²) in [5.41, 5.74) is 2.37. The molecule has 0 fully saturated rings. The maximum Gasteiger partial charge on any atom is 0.0738 e. The SMILES string of the molecule is CNC(C)CC(C)Cc1c(Br)c(C)nn1C. The van der Waals surface area contributed by atoms with Crippen molar-refractivity contribution < 1.29 is 0 Å². The van der Waals surface area contributed by atoms with Crippen LogP contribution in [0.4, 0.5) is 0 Å². The van der Waals surface area contributed by atoms with Crippen molar-refractivity contribution >= 4 is 15.9 Å². The monoisotopic (exact) mass is 287 g/mol. The van der Waals surface area contributed by atoms with E-state index in [4.69, 9.17) is 0 Å². The smallest absolute Gasteiger partial charge is 0.0738 e. The van der Waals surface area contributed by atoms with Crippen LogP contribution in [0, 0.1) is 12.8 Å². The lowest BCUT2D eigenvalue weighted by Gasteiger charge is -2.16. The molecule has 0 radical (unpaired) electrons. The maximum atomic E-state index is 4.42. The van der Waals surface area contributed by atoms with Crippen molar-refractivity contribution in [3.63, 3.8) is 0 Å². The van der Waals surface area contributed by atoms with Crippen LogP contribution in [0.5, 0.6) is 0 Å². The highest BCUT2D eigenvalue weighted by Crippen LogP contribution is 2.24. The van der Waals surface area contributed by atoms with Crippen molar-refractivity contribution in [2.45, 2.75) is 39.7 Å². The second-order valence-electron chi connectivity index (χ2n) is 4.70. The van der Waals surface area contributed by atoms with E-state index in [1.165, 1.54) is 16.6 Å². The molecule has 1 aromatic rings. The van der Waals surface area contributed by atoms with E-state index in [-0.39, 0.29) is 0 Å². The van der Waals surface area contributed by atoms with Crippen LogP contribution in [0.2, 0.25) is 0 Å². The third kappa shape index (κ3) is 3.32. The number of hydrogen-bond acceptors (Lipinski definition) is 2. The van der Waals surface area contributed by atoms with E-state index >= 15 is 0 Å². The molecule has 0 aliphatic heterocycles. The number of halogens is 1. The number of nitrogens with one attached hydrogen (secondary N) is 1. The zero-order valence-corrected chi connectivity index (χ0v) is 12.4. The van der Waals surface area contributed by atoms with Gasteiger partial charge in [-0.2, -0.15) is 5.10 Å². The molecule has 1 heterocycles. The molecule has 3 nitrogen and oxygen atoms in total. The summed E-state index contributed by atoms with van der Waals surface area (Å²) in [5, 5.41) is 7.70. The summed E-state index contributed by atoms with van der Waals surface area (Å²) in [6, 6.07) is 0.572. The lowest BCUT2D eigenvalue weighted by molar-refractivity contribution is 0.431. The van der Waals surface area contributed by atoms with E-state index in [0.717, 1.165) is 12.1 Å². The summed E-state index contributed by atoms with van der Waals surface area (Å²) >= 11 is 3.61. The summed E-state index contributed by atoms with van der Waals surface area (Å²) in [7, 11) is 4.03. The highest BCUT2D eigenvalue weighted by atomic mass is 79.9. The van der Waals surface area contributed by atoms with E-state index in [2.05, 4.69) is 40.2 Å². The molecule has 2 atom stereocenters. The van der Waals surface area contributed by atoms with Gasteiger partial charge in [0, 0.05) is 13.1 Å². The van der Waals surface area contributed by atoms with E-state index < -0.39 is 0 Å². The van der Waals surface area contributed by atoms with Crippen LogP contribution in [0.25, 0.3) is 0 Å². The molecule has 1 rings (SSSR count). The fourth-order valence-corrected chi connectivity index (χ4v) is 2.53. The highest BCUT2D eigenvalue weighted by Gasteiger charge is 2.15. The Hall–Kier alpha value is -0.350. The van der Waals surface area contributed by atoms with Gasteiger partial charge in [-0.15, -0.1) is 0 Å². The molecule has 0 saturated carbocycles. The molecule has 1 aromatic heterocycles. The van der Waals surface area contributed by atoms with Crippen molar-refractivity contribution in [2.75, 3.05) is 7.05 Å². The van der Waals surface area contributed by atoms with E-state index in [9.17, 15) is 0 Å². The average molecular weight is 288 g/mol. The zero-order chi connectivity index (χ0) is 12.3. The molecule has 4 heteroatoms. The summed E-state index contributed by atoms with van der Waals surface area (Å²) < 4.78 is 3.15. The van der Waals surface area contributed by atoms with Gasteiger partial charge in [0.1, 0.15) is 0 Å². The third-order valence-corrected chi connectivity index (χ3v) is 4.08. The molecule has 0 aliphatic rings. The van der Waals surface area contributed by atoms with Gasteiger partial charge < -0.3 is 5.32 Å². The Labute approximate surface area is 107 Å². The van der Waals surface area contributed by atoms with Crippen LogP contribution in [0.1, 0.15) is 31.7 Å². The molecular weight excluding hydrogens is 266 g/mol. The first-order valence-corrected chi connectivity index (χ1v) is 6.60. The normalized spacial score (nSPS) is 15.1. The number of nitrogens with zero attached hydrogens (tertiary/aromatic N) is 2. The fraction of sp³-hybridized carbons (Fsp3) is 0.750. The molecule has 1 N–H and O–H groups in total. The molecule has 0 aromatic carbocycles. The molecule has 0 aliphatic carbocycles. The molecule has 0 bridgehead atoms. The van der Waals surface area contributed by atoms with Crippen LogP contribution < -0.4 is 5.32 Å². The van der Waals surface area contributed by atoms with Gasteiger partial charge in [-0.05, 0) is 55.6 Å². The molecular formula is C12H22BrN3. The molecule has 0 spiro atoms. The Morgan fingerprint density at radius 2 is 2.06 bits per heavy atom. The minimum absolute atomic E-state index is 0.572. The van der Waals surface area contributed by atoms with Gasteiger partial charge in [0.25, 0.3) is 0 Å². The van der Waals surface area contributed by atoms with Crippen LogP contribution in [-0.4, -0.2) is 22.9 Å². The van der Waals surface area contributed by atoms with E-state index in [1.807, 2.05) is 25.7 Å². The van der Waals surface area contributed by atoms with Gasteiger partial charge in [0.2, 0.25) is 0 Å². The molecule has 0 saturated heterocycles. The van der Waals surface area contributed by atoms with Crippen molar-refractivity contribution in [1.82, 2.24) is 15.1 Å². The summed E-state index contributed by atoms with van der Waals surface area (Å²) in [4.78, 5) is 0. The van der Waals surface area contributed by atoms with Gasteiger partial charge in [-0.25, -0.2) is 0 Å². The number of rotatable bonds is 5. The summed E-state index contributed by atoms with van der Waals surface area (Å²) in [6.07, 6.45) is 2.26. The van der Waals surface area contributed by atoms with Gasteiger partial charge >= 0.3 is 0 Å². The lowest BCUT2D eigenvalue weighted by Crippen LogP contribution is -2.24. The largest absolute Gasteiger partial charge is 0.317 e. The first kappa shape index (κ1) is 13.7. The van der Waals surface area contributed by atoms with E-state index in [1.54, 1.807) is 0 Å². The van der Waals surface area contributed by atoms with Crippen LogP contribution in [0.3, 0.4) is 0 Å². The van der Waals surface area contributed by atoms with Gasteiger partial charge in [-0.1, -0.05) is 6.92 Å². The minimum atomic E-state index is 0.572. The number of aromatic nitrogens is 2. The molecule has 0 amide bonds. The van der Waals surface area contributed by atoms with Crippen molar-refractivity contribution in [3.8, 4) is 0 Å². The van der Waals surface area contributed by atoms with Crippen molar-refractivity contribution in [1.29, 1.82) is 0 Å². The second-order valence-corrected chi connectivity index (χ2v) is 5.50. The second kappa shape index (κ2) is 5.82. The molecule has 2 unspecified atom stereocenters. The standard InChI is InChI=1S/C12H22BrN3/c1-8(6-9(2)14-4)7-11-12(13)10(3)15-16(11)5/h8-9,14H,6-7H2,1-5H3. The Morgan fingerprint density at radius 1 is 1.44 bits per heavy atom. The predicted molar refractivity (Wildman–Crippen MR) is 71.7 cm³/mol. The average Bonchev–Trinajstić information content (AvgIpc) is 2.45. The Balaban J connectivity index is 2.65. The number of hydrogen-bond donors (Lipinski definition) is 1. The van der Waals surface area contributed by atoms with Crippen molar-refractivity contribution in [3.05, 3.63) is 15.9 Å². The Bertz CT molecular complexity index is 346. The zero-order valence-electron chi connectivity index (χ0n) is 10.8. The fourth-order valence-electron chi connectivity index (χ4n) is 2.04. The molecule has 16 heavy (non-hydrogen) atoms. The van der Waals surface area contributed by atoms with E-state index in [0.29, 0.717) is 12.0 Å². The van der Waals surface area contributed by atoms with Crippen molar-refractivity contribution in [2.24, 2.45) is 13.0 Å². The summed E-state index contributed by atoms with van der Waals surface area (Å²) in [5.74, 6) is 0.661. The molecule has 92 valence electrons. The first-order valence-electron chi connectivity index (χ1n) is 5.81. The first-order chi connectivity index (χ1) is 7.45. The highest BCUT2D eigenvalue weighted by molar-refractivity contribution is 9.10. The predicted octanol–water partition coefficient (Wildman–Crippen LogP) is 2.67. The Kier molecular flexibility index (Phi) is 4.99. The quantitative estimate of drug-likeness (QED) is 0.902. The maximum absolute atomic E-state index is 4.42. The van der Waals surface area contributed by atoms with Gasteiger partial charge in [-0.3, -0.25) is 4.68 Å². The summed E-state index contributed by atoms with van der Waals surface area (Å²) in [6.45, 7) is 6.55. The van der Waals surface area contributed by atoms with Crippen LogP contribution in [-0.2, 0) is 13.5 Å². The topological polar surface area (TPSA) is 29.9 Å². The van der Waals surface area contributed by atoms with Crippen LogP contribution >= 0.6 is 15.9 Å². The Morgan fingerprint density at radius 3 is 2.50 bits per heavy atom. The van der Waals surface area contributed by atoms with Gasteiger partial charge in [0.05, 0.1) is 15.9 Å². The third-order valence-electron chi connectivity index (χ3n) is 3.05.